The van der Waals surface area contributed by atoms with Crippen molar-refractivity contribution >= 4 is 28.5 Å². The molecular weight excluding hydrogens is 338 g/mol. The summed E-state index contributed by atoms with van der Waals surface area (Å²) in [5, 5.41) is 3.10. The van der Waals surface area contributed by atoms with E-state index >= 15 is 0 Å². The molecule has 0 saturated heterocycles. The zero-order valence-corrected chi connectivity index (χ0v) is 14.1. The number of carbonyl (C=O) groups excluding carboxylic acids is 2. The van der Waals surface area contributed by atoms with Crippen LogP contribution in [0.15, 0.2) is 57.7 Å². The molecule has 0 aliphatic heterocycles. The summed E-state index contributed by atoms with van der Waals surface area (Å²) < 4.78 is 15.3. The third-order valence-corrected chi connectivity index (χ3v) is 3.57. The van der Waals surface area contributed by atoms with E-state index in [4.69, 9.17) is 13.9 Å². The van der Waals surface area contributed by atoms with E-state index in [0.717, 1.165) is 0 Å². The average molecular weight is 353 g/mol. The Morgan fingerprint density at radius 1 is 1.08 bits per heavy atom. The predicted molar refractivity (Wildman–Crippen MR) is 94.7 cm³/mol. The van der Waals surface area contributed by atoms with E-state index in [1.807, 2.05) is 0 Å². The van der Waals surface area contributed by atoms with Crippen LogP contribution >= 0.6 is 0 Å². The van der Waals surface area contributed by atoms with Crippen molar-refractivity contribution in [3.05, 3.63) is 64.5 Å². The summed E-state index contributed by atoms with van der Waals surface area (Å²) in [6.45, 7) is 1.27. The van der Waals surface area contributed by atoms with Crippen molar-refractivity contribution in [3.63, 3.8) is 0 Å². The van der Waals surface area contributed by atoms with E-state index in [0.29, 0.717) is 16.7 Å². The van der Waals surface area contributed by atoms with Crippen LogP contribution in [0.5, 0.6) is 11.5 Å². The molecule has 2 aromatic carbocycles. The summed E-state index contributed by atoms with van der Waals surface area (Å²) >= 11 is 0. The average Bonchev–Trinajstić information content (AvgIpc) is 2.62. The van der Waals surface area contributed by atoms with Crippen molar-refractivity contribution in [2.24, 2.45) is 0 Å². The number of fused-ring (bicyclic) bond motifs is 1. The van der Waals surface area contributed by atoms with Crippen LogP contribution in [0.4, 0.5) is 5.69 Å². The van der Waals surface area contributed by atoms with Gasteiger partial charge < -0.3 is 19.2 Å². The van der Waals surface area contributed by atoms with Crippen LogP contribution in [0, 0.1) is 0 Å². The molecule has 132 valence electrons. The van der Waals surface area contributed by atoms with Crippen LogP contribution in [0.2, 0.25) is 0 Å². The van der Waals surface area contributed by atoms with Gasteiger partial charge >= 0.3 is 11.6 Å². The molecule has 1 heterocycles. The lowest BCUT2D eigenvalue weighted by atomic mass is 10.1. The first kappa shape index (κ1) is 17.2. The molecule has 0 spiro atoms. The van der Waals surface area contributed by atoms with E-state index in [1.54, 1.807) is 36.4 Å². The van der Waals surface area contributed by atoms with Crippen LogP contribution < -0.4 is 20.4 Å². The quantitative estimate of drug-likeness (QED) is 0.440. The van der Waals surface area contributed by atoms with Gasteiger partial charge in [-0.05, 0) is 30.3 Å². The number of anilines is 1. The fourth-order valence-electron chi connectivity index (χ4n) is 2.43. The number of rotatable bonds is 4. The molecule has 1 aromatic heterocycles. The molecular formula is C19H15NO6. The van der Waals surface area contributed by atoms with E-state index in [-0.39, 0.29) is 17.0 Å². The molecule has 0 atom stereocenters. The summed E-state index contributed by atoms with van der Waals surface area (Å²) in [6, 6.07) is 12.8. The number of para-hydroxylation sites is 1. The maximum atomic E-state index is 12.4. The fraction of sp³-hybridized carbons (Fsp3) is 0.105. The molecule has 1 amide bonds. The molecule has 0 bridgehead atoms. The minimum Gasteiger partial charge on any atom is -0.496 e. The standard InChI is InChI=1S/C19H15NO6/c1-11(21)25-13-8-7-12-9-15(19(23)26-17(12)10-13)20-18(22)14-5-3-4-6-16(14)24-2/h3-10H,1-2H3,(H,20,22). The molecule has 7 nitrogen and oxygen atoms in total. The van der Waals surface area contributed by atoms with Crippen molar-refractivity contribution in [3.8, 4) is 11.5 Å². The number of benzene rings is 2. The third-order valence-electron chi connectivity index (χ3n) is 3.57. The second kappa shape index (κ2) is 7.10. The molecule has 3 rings (SSSR count). The number of nitrogens with one attached hydrogen (secondary N) is 1. The maximum absolute atomic E-state index is 12.4. The number of hydrogen-bond donors (Lipinski definition) is 1. The molecule has 0 aliphatic carbocycles. The SMILES string of the molecule is COc1ccccc1C(=O)Nc1cc2ccc(OC(C)=O)cc2oc1=O. The van der Waals surface area contributed by atoms with Gasteiger partial charge in [0, 0.05) is 18.4 Å². The van der Waals surface area contributed by atoms with Gasteiger partial charge in [0.05, 0.1) is 12.7 Å². The van der Waals surface area contributed by atoms with Crippen LogP contribution in [0.3, 0.4) is 0 Å². The lowest BCUT2D eigenvalue weighted by Gasteiger charge is -2.09. The van der Waals surface area contributed by atoms with E-state index in [2.05, 4.69) is 5.32 Å². The van der Waals surface area contributed by atoms with Crippen molar-refractivity contribution in [1.29, 1.82) is 0 Å². The molecule has 3 aromatic rings. The van der Waals surface area contributed by atoms with Crippen molar-refractivity contribution in [2.45, 2.75) is 6.92 Å². The Morgan fingerprint density at radius 3 is 2.58 bits per heavy atom. The Bertz CT molecular complexity index is 1050. The molecule has 0 saturated carbocycles. The minimum absolute atomic E-state index is 0.00589. The van der Waals surface area contributed by atoms with Crippen LogP contribution in [0.1, 0.15) is 17.3 Å². The smallest absolute Gasteiger partial charge is 0.360 e. The van der Waals surface area contributed by atoms with Gasteiger partial charge in [-0.2, -0.15) is 0 Å². The molecule has 1 N–H and O–H groups in total. The fourth-order valence-corrected chi connectivity index (χ4v) is 2.43. The van der Waals surface area contributed by atoms with Crippen molar-refractivity contribution in [2.75, 3.05) is 12.4 Å². The number of amides is 1. The summed E-state index contributed by atoms with van der Waals surface area (Å²) in [5.41, 5.74) is -0.196. The first-order chi connectivity index (χ1) is 12.5. The minimum atomic E-state index is -0.722. The van der Waals surface area contributed by atoms with Gasteiger partial charge in [-0.3, -0.25) is 9.59 Å². The molecule has 0 radical (unpaired) electrons. The molecule has 26 heavy (non-hydrogen) atoms. The second-order valence-corrected chi connectivity index (χ2v) is 5.40. The van der Waals surface area contributed by atoms with E-state index in [9.17, 15) is 14.4 Å². The van der Waals surface area contributed by atoms with Gasteiger partial charge in [0.15, 0.2) is 0 Å². The van der Waals surface area contributed by atoms with Gasteiger partial charge in [-0.1, -0.05) is 12.1 Å². The second-order valence-electron chi connectivity index (χ2n) is 5.40. The van der Waals surface area contributed by atoms with Gasteiger partial charge in [0.2, 0.25) is 0 Å². The summed E-state index contributed by atoms with van der Waals surface area (Å²) in [5.74, 6) is -0.321. The largest absolute Gasteiger partial charge is 0.496 e. The van der Waals surface area contributed by atoms with Crippen LogP contribution in [-0.4, -0.2) is 19.0 Å². The highest BCUT2D eigenvalue weighted by Gasteiger charge is 2.15. The Labute approximate surface area is 148 Å². The lowest BCUT2D eigenvalue weighted by Crippen LogP contribution is -2.18. The first-order valence-electron chi connectivity index (χ1n) is 7.68. The van der Waals surface area contributed by atoms with Gasteiger partial charge in [-0.15, -0.1) is 0 Å². The predicted octanol–water partition coefficient (Wildman–Crippen LogP) is 2.98. The van der Waals surface area contributed by atoms with Crippen LogP contribution in [-0.2, 0) is 4.79 Å². The molecule has 0 aliphatic rings. The zero-order valence-electron chi connectivity index (χ0n) is 14.1. The van der Waals surface area contributed by atoms with Gasteiger partial charge in [0.25, 0.3) is 5.91 Å². The number of carbonyl (C=O) groups is 2. The summed E-state index contributed by atoms with van der Waals surface area (Å²) in [6.07, 6.45) is 0. The Morgan fingerprint density at radius 2 is 1.85 bits per heavy atom. The highest BCUT2D eigenvalue weighted by molar-refractivity contribution is 6.06. The number of methoxy groups -OCH3 is 1. The lowest BCUT2D eigenvalue weighted by molar-refractivity contribution is -0.131. The van der Waals surface area contributed by atoms with Gasteiger partial charge in [-0.25, -0.2) is 4.79 Å². The topological polar surface area (TPSA) is 94.8 Å². The number of esters is 1. The van der Waals surface area contributed by atoms with E-state index < -0.39 is 17.5 Å². The van der Waals surface area contributed by atoms with Crippen LogP contribution in [0.25, 0.3) is 11.0 Å². The van der Waals surface area contributed by atoms with Gasteiger partial charge in [0.1, 0.15) is 22.8 Å². The molecule has 7 heteroatoms. The maximum Gasteiger partial charge on any atom is 0.360 e. The first-order valence-corrected chi connectivity index (χ1v) is 7.68. The molecule has 0 fully saturated rings. The Hall–Kier alpha value is -3.61. The Kier molecular flexibility index (Phi) is 4.70. The monoisotopic (exact) mass is 353 g/mol. The van der Waals surface area contributed by atoms with E-state index in [1.165, 1.54) is 26.2 Å². The summed E-state index contributed by atoms with van der Waals surface area (Å²) in [4.78, 5) is 35.6. The highest BCUT2D eigenvalue weighted by atomic mass is 16.5. The highest BCUT2D eigenvalue weighted by Crippen LogP contribution is 2.23. The normalized spacial score (nSPS) is 10.4. The number of hydrogen-bond acceptors (Lipinski definition) is 6. The third kappa shape index (κ3) is 3.56. The molecule has 0 unspecified atom stereocenters. The van der Waals surface area contributed by atoms with Crippen molar-refractivity contribution in [1.82, 2.24) is 0 Å². The summed E-state index contributed by atoms with van der Waals surface area (Å²) in [7, 11) is 1.46. The number of ether oxygens (including phenoxy) is 2. The van der Waals surface area contributed by atoms with Crippen molar-refractivity contribution < 1.29 is 23.5 Å². The zero-order chi connectivity index (χ0) is 18.7. The Balaban J connectivity index is 1.93.